The molecule has 33 heavy (non-hydrogen) atoms. The van der Waals surface area contributed by atoms with E-state index in [4.69, 9.17) is 14.2 Å². The Labute approximate surface area is 194 Å². The summed E-state index contributed by atoms with van der Waals surface area (Å²) in [5, 5.41) is 2.64. The van der Waals surface area contributed by atoms with E-state index in [1.165, 1.54) is 29.1 Å². The highest BCUT2D eigenvalue weighted by Gasteiger charge is 2.70. The van der Waals surface area contributed by atoms with E-state index in [-0.39, 0.29) is 5.76 Å². The number of nitrogens with zero attached hydrogens (tertiary/aromatic N) is 3. The van der Waals surface area contributed by atoms with Crippen LogP contribution in [0.15, 0.2) is 11.3 Å². The molecule has 0 N–H and O–H groups in total. The first-order valence-electron chi connectivity index (χ1n) is 10.0. The second-order valence-electron chi connectivity index (χ2n) is 9.10. The Morgan fingerprint density at radius 3 is 1.73 bits per heavy atom. The molecule has 1 aliphatic heterocycles. The number of hydrogen-bond donors (Lipinski definition) is 0. The minimum absolute atomic E-state index is 0.371. The fourth-order valence-corrected chi connectivity index (χ4v) is 3.90. The number of hydrogen-bond acceptors (Lipinski definition) is 9. The van der Waals surface area contributed by atoms with Crippen LogP contribution in [0.3, 0.4) is 0 Å². The number of carbonyl (C=O) groups is 4. The lowest BCUT2D eigenvalue weighted by Crippen LogP contribution is -2.70. The molecule has 1 rings (SSSR count). The number of carbonyl (C=O) groups excluding carboxylic acids is 4. The van der Waals surface area contributed by atoms with Crippen molar-refractivity contribution in [1.82, 2.24) is 14.9 Å². The van der Waals surface area contributed by atoms with Gasteiger partial charge in [-0.25, -0.2) is 19.2 Å². The molecule has 11 nitrogen and oxygen atoms in total. The van der Waals surface area contributed by atoms with Crippen LogP contribution in [-0.4, -0.2) is 91.1 Å². The normalized spacial score (nSPS) is 19.9. The lowest BCUT2D eigenvalue weighted by Gasteiger charge is -2.49. The zero-order valence-corrected chi connectivity index (χ0v) is 21.1. The maximum atomic E-state index is 13.7. The zero-order chi connectivity index (χ0) is 25.9. The number of methoxy groups -OCH3 is 4. The molecule has 184 valence electrons. The second kappa shape index (κ2) is 9.70. The Kier molecular flexibility index (Phi) is 8.17. The fourth-order valence-electron chi connectivity index (χ4n) is 3.90. The predicted molar refractivity (Wildman–Crippen MR) is 117 cm³/mol. The number of esters is 3. The SMILES string of the molecule is COC(=O)C#C/C(OC)=C(/C(=O)OC)[C@]1(C(=O)OC)N(C(C)(C)C)C(=O)N(C)N1C(C)(C)C. The third kappa shape index (κ3) is 4.75. The van der Waals surface area contributed by atoms with Gasteiger partial charge in [-0.1, -0.05) is 0 Å². The van der Waals surface area contributed by atoms with E-state index in [0.29, 0.717) is 0 Å². The Hall–Kier alpha value is -3.26. The minimum Gasteiger partial charge on any atom is -0.488 e. The summed E-state index contributed by atoms with van der Waals surface area (Å²) in [5.74, 6) is 1.37. The van der Waals surface area contributed by atoms with Crippen LogP contribution in [0.1, 0.15) is 41.5 Å². The molecule has 0 aromatic heterocycles. The summed E-state index contributed by atoms with van der Waals surface area (Å²) < 4.78 is 20.1. The maximum absolute atomic E-state index is 13.7. The van der Waals surface area contributed by atoms with Crippen molar-refractivity contribution in [3.8, 4) is 11.8 Å². The summed E-state index contributed by atoms with van der Waals surface area (Å²) in [6, 6.07) is -0.583. The first kappa shape index (κ1) is 27.8. The monoisotopic (exact) mass is 467 g/mol. The van der Waals surface area contributed by atoms with Gasteiger partial charge in [0.1, 0.15) is 5.57 Å². The van der Waals surface area contributed by atoms with Gasteiger partial charge in [-0.2, -0.15) is 5.01 Å². The molecule has 1 heterocycles. The molecule has 0 unspecified atom stereocenters. The largest absolute Gasteiger partial charge is 0.488 e. The predicted octanol–water partition coefficient (Wildman–Crippen LogP) is 1.29. The summed E-state index contributed by atoms with van der Waals surface area (Å²) in [6.07, 6.45) is 0. The molecule has 0 aromatic carbocycles. The zero-order valence-electron chi connectivity index (χ0n) is 21.1. The van der Waals surface area contributed by atoms with Crippen LogP contribution in [-0.2, 0) is 33.3 Å². The van der Waals surface area contributed by atoms with Crippen molar-refractivity contribution in [3.63, 3.8) is 0 Å². The molecule has 1 fully saturated rings. The summed E-state index contributed by atoms with van der Waals surface area (Å²) in [5.41, 5.74) is -4.54. The highest BCUT2D eigenvalue weighted by atomic mass is 16.5. The van der Waals surface area contributed by atoms with Crippen molar-refractivity contribution in [2.45, 2.75) is 58.3 Å². The van der Waals surface area contributed by atoms with Gasteiger partial charge in [0.2, 0.25) is 0 Å². The number of hydrazine groups is 1. The molecule has 1 aliphatic rings. The molecule has 0 spiro atoms. The lowest BCUT2D eigenvalue weighted by atomic mass is 9.88. The van der Waals surface area contributed by atoms with E-state index in [2.05, 4.69) is 16.6 Å². The smallest absolute Gasteiger partial charge is 0.384 e. The Morgan fingerprint density at radius 1 is 0.818 bits per heavy atom. The van der Waals surface area contributed by atoms with Crippen LogP contribution < -0.4 is 0 Å². The van der Waals surface area contributed by atoms with E-state index >= 15 is 0 Å². The molecule has 2 amide bonds. The van der Waals surface area contributed by atoms with Gasteiger partial charge in [-0.3, -0.25) is 9.91 Å². The molecule has 0 bridgehead atoms. The van der Waals surface area contributed by atoms with Crippen molar-refractivity contribution >= 4 is 23.9 Å². The van der Waals surface area contributed by atoms with E-state index in [9.17, 15) is 19.2 Å². The molecular weight excluding hydrogens is 434 g/mol. The summed E-state index contributed by atoms with van der Waals surface area (Å²) >= 11 is 0. The fraction of sp³-hybridized carbons (Fsp3) is 0.636. The molecule has 1 atom stereocenters. The van der Waals surface area contributed by atoms with Gasteiger partial charge < -0.3 is 18.9 Å². The van der Waals surface area contributed by atoms with Gasteiger partial charge in [-0.15, -0.1) is 0 Å². The van der Waals surface area contributed by atoms with E-state index in [0.717, 1.165) is 21.3 Å². The van der Waals surface area contributed by atoms with Crippen LogP contribution in [0.5, 0.6) is 0 Å². The van der Waals surface area contributed by atoms with Crippen molar-refractivity contribution < 1.29 is 38.1 Å². The Morgan fingerprint density at radius 2 is 1.36 bits per heavy atom. The van der Waals surface area contributed by atoms with Crippen molar-refractivity contribution in [2.75, 3.05) is 35.5 Å². The van der Waals surface area contributed by atoms with Crippen molar-refractivity contribution in [2.24, 2.45) is 0 Å². The van der Waals surface area contributed by atoms with Gasteiger partial charge in [0.15, 0.2) is 5.76 Å². The van der Waals surface area contributed by atoms with E-state index in [1.807, 2.05) is 0 Å². The number of amides is 2. The third-order valence-electron chi connectivity index (χ3n) is 4.81. The first-order chi connectivity index (χ1) is 15.1. The van der Waals surface area contributed by atoms with Crippen molar-refractivity contribution in [3.05, 3.63) is 11.3 Å². The van der Waals surface area contributed by atoms with Gasteiger partial charge in [0, 0.05) is 24.0 Å². The van der Waals surface area contributed by atoms with Gasteiger partial charge in [-0.05, 0) is 47.5 Å². The van der Waals surface area contributed by atoms with Gasteiger partial charge in [0.25, 0.3) is 5.66 Å². The lowest BCUT2D eigenvalue weighted by molar-refractivity contribution is -0.183. The average Bonchev–Trinajstić information content (AvgIpc) is 2.97. The quantitative estimate of drug-likeness (QED) is 0.151. The number of allylic oxidation sites excluding steroid dienone is 1. The highest BCUT2D eigenvalue weighted by Crippen LogP contribution is 2.47. The third-order valence-corrected chi connectivity index (χ3v) is 4.81. The molecule has 0 saturated carbocycles. The second-order valence-corrected chi connectivity index (χ2v) is 9.10. The van der Waals surface area contributed by atoms with Crippen LogP contribution >= 0.6 is 0 Å². The number of rotatable bonds is 4. The summed E-state index contributed by atoms with van der Waals surface area (Å²) in [4.78, 5) is 53.4. The van der Waals surface area contributed by atoms with Crippen molar-refractivity contribution in [1.29, 1.82) is 0 Å². The van der Waals surface area contributed by atoms with E-state index < -0.39 is 46.3 Å². The van der Waals surface area contributed by atoms with Crippen LogP contribution in [0, 0.1) is 11.8 Å². The van der Waals surface area contributed by atoms with Gasteiger partial charge >= 0.3 is 23.9 Å². The van der Waals surface area contributed by atoms with E-state index in [1.54, 1.807) is 41.5 Å². The molecule has 0 aromatic rings. The molecule has 0 aliphatic carbocycles. The minimum atomic E-state index is -2.19. The summed E-state index contributed by atoms with van der Waals surface area (Å²) in [6.45, 7) is 10.4. The average molecular weight is 468 g/mol. The molecule has 0 radical (unpaired) electrons. The summed E-state index contributed by atoms with van der Waals surface area (Å²) in [7, 11) is 6.06. The number of ether oxygens (including phenoxy) is 4. The maximum Gasteiger partial charge on any atom is 0.384 e. The highest BCUT2D eigenvalue weighted by molar-refractivity contribution is 6.05. The first-order valence-corrected chi connectivity index (χ1v) is 10.0. The van der Waals surface area contributed by atoms with Crippen LogP contribution in [0.2, 0.25) is 0 Å². The molecule has 1 saturated heterocycles. The van der Waals surface area contributed by atoms with Crippen LogP contribution in [0.25, 0.3) is 0 Å². The van der Waals surface area contributed by atoms with Gasteiger partial charge in [0.05, 0.1) is 28.4 Å². The molecule has 11 heteroatoms. The van der Waals surface area contributed by atoms with Crippen LogP contribution in [0.4, 0.5) is 4.79 Å². The molecular formula is C22H33N3O8. The number of urea groups is 1. The Bertz CT molecular complexity index is 917. The standard InChI is InChI=1S/C22H33N3O8/c1-20(2,3)24-19(29)23(7)25(21(4,5)6)22(24,18(28)33-11)16(17(27)32-10)14(30-8)12-13-15(26)31-9/h1-11H3/b16-14+/t22-/m0/s1. The Balaban J connectivity index is 4.42. The topological polar surface area (TPSA) is 115 Å².